The smallest absolute Gasteiger partial charge is 0.139 e. The van der Waals surface area contributed by atoms with Gasteiger partial charge in [0.1, 0.15) is 11.8 Å². The lowest BCUT2D eigenvalue weighted by atomic mass is 10.3. The average molecular weight is 108 g/mol. The van der Waals surface area contributed by atoms with Gasteiger partial charge in [0.25, 0.3) is 0 Å². The molecule has 41 valence electrons. The SMILES string of the molecule is CN1[CH]CC(C#N)=N1. The van der Waals surface area contributed by atoms with E-state index in [1.165, 1.54) is 0 Å². The van der Waals surface area contributed by atoms with Crippen molar-refractivity contribution in [3.63, 3.8) is 0 Å². The van der Waals surface area contributed by atoms with Gasteiger partial charge in [0, 0.05) is 13.5 Å². The number of hydrogen-bond acceptors (Lipinski definition) is 3. The van der Waals surface area contributed by atoms with Crippen molar-refractivity contribution in [3.8, 4) is 6.07 Å². The Hall–Kier alpha value is -1.04. The maximum Gasteiger partial charge on any atom is 0.139 e. The molecule has 0 aromatic carbocycles. The Labute approximate surface area is 48.2 Å². The lowest BCUT2D eigenvalue weighted by Gasteiger charge is -1.99. The quantitative estimate of drug-likeness (QED) is 0.449. The highest BCUT2D eigenvalue weighted by atomic mass is 15.4. The van der Waals surface area contributed by atoms with E-state index in [4.69, 9.17) is 5.26 Å². The zero-order valence-electron chi connectivity index (χ0n) is 4.63. The van der Waals surface area contributed by atoms with Crippen molar-refractivity contribution >= 4 is 5.71 Å². The molecule has 0 saturated carbocycles. The maximum absolute atomic E-state index is 8.26. The molecule has 0 aromatic heterocycles. The van der Waals surface area contributed by atoms with E-state index in [1.807, 2.05) is 19.7 Å². The third kappa shape index (κ3) is 0.784. The molecule has 1 rings (SSSR count). The second-order valence-corrected chi connectivity index (χ2v) is 1.62. The van der Waals surface area contributed by atoms with Crippen LogP contribution in [0.2, 0.25) is 0 Å². The molecular weight excluding hydrogens is 102 g/mol. The molecule has 1 heterocycles. The number of nitriles is 1. The van der Waals surface area contributed by atoms with Crippen LogP contribution >= 0.6 is 0 Å². The summed E-state index contributed by atoms with van der Waals surface area (Å²) in [7, 11) is 1.81. The van der Waals surface area contributed by atoms with Crippen molar-refractivity contribution in [2.75, 3.05) is 7.05 Å². The molecule has 0 bridgehead atoms. The van der Waals surface area contributed by atoms with Gasteiger partial charge in [0.05, 0.1) is 6.54 Å². The minimum atomic E-state index is 0.590. The molecule has 1 aliphatic rings. The minimum Gasteiger partial charge on any atom is -0.294 e. The zero-order valence-corrected chi connectivity index (χ0v) is 4.63. The molecular formula is C5H6N3. The van der Waals surface area contributed by atoms with Gasteiger partial charge in [0.2, 0.25) is 0 Å². The summed E-state index contributed by atoms with van der Waals surface area (Å²) in [5.41, 5.74) is 0.590. The van der Waals surface area contributed by atoms with Crippen molar-refractivity contribution in [1.29, 1.82) is 5.26 Å². The Balaban J connectivity index is 2.61. The Morgan fingerprint density at radius 1 is 2.00 bits per heavy atom. The predicted molar refractivity (Wildman–Crippen MR) is 29.7 cm³/mol. The van der Waals surface area contributed by atoms with Gasteiger partial charge in [-0.1, -0.05) is 0 Å². The molecule has 0 spiro atoms. The van der Waals surface area contributed by atoms with E-state index in [2.05, 4.69) is 5.10 Å². The van der Waals surface area contributed by atoms with E-state index in [9.17, 15) is 0 Å². The molecule has 1 radical (unpaired) electrons. The molecule has 8 heavy (non-hydrogen) atoms. The van der Waals surface area contributed by atoms with Crippen LogP contribution in [0.1, 0.15) is 6.42 Å². The van der Waals surface area contributed by atoms with Crippen LogP contribution in [0.3, 0.4) is 0 Å². The minimum absolute atomic E-state index is 0.590. The number of hydrogen-bond donors (Lipinski definition) is 0. The molecule has 0 aliphatic carbocycles. The monoisotopic (exact) mass is 108 g/mol. The molecule has 0 aromatic rings. The van der Waals surface area contributed by atoms with E-state index in [-0.39, 0.29) is 0 Å². The Bertz CT molecular complexity index is 154. The summed E-state index contributed by atoms with van der Waals surface area (Å²) in [6, 6.07) is 1.97. The molecule has 0 N–H and O–H groups in total. The predicted octanol–water partition coefficient (Wildman–Crippen LogP) is 0.363. The highest BCUT2D eigenvalue weighted by Crippen LogP contribution is 2.05. The molecule has 0 amide bonds. The fourth-order valence-corrected chi connectivity index (χ4v) is 0.559. The van der Waals surface area contributed by atoms with E-state index in [1.54, 1.807) is 5.01 Å². The summed E-state index contributed by atoms with van der Waals surface area (Å²) in [5.74, 6) is 0. The molecule has 0 saturated heterocycles. The lowest BCUT2D eigenvalue weighted by Crippen LogP contribution is -1.98. The van der Waals surface area contributed by atoms with Crippen molar-refractivity contribution in [2.45, 2.75) is 6.42 Å². The first-order valence-electron chi connectivity index (χ1n) is 2.36. The number of hydrazone groups is 1. The summed E-state index contributed by atoms with van der Waals surface area (Å²) in [6.07, 6.45) is 0.688. The summed E-state index contributed by atoms with van der Waals surface area (Å²) in [6.45, 7) is 1.86. The largest absolute Gasteiger partial charge is 0.294 e. The van der Waals surface area contributed by atoms with Gasteiger partial charge in [-0.15, -0.1) is 0 Å². The summed E-state index contributed by atoms with van der Waals surface area (Å²) >= 11 is 0. The van der Waals surface area contributed by atoms with Gasteiger partial charge in [-0.05, 0) is 0 Å². The van der Waals surface area contributed by atoms with Crippen LogP contribution in [-0.4, -0.2) is 17.8 Å². The van der Waals surface area contributed by atoms with E-state index >= 15 is 0 Å². The molecule has 3 heteroatoms. The number of nitrogens with zero attached hydrogens (tertiary/aromatic N) is 3. The van der Waals surface area contributed by atoms with Crippen LogP contribution in [-0.2, 0) is 0 Å². The van der Waals surface area contributed by atoms with Crippen molar-refractivity contribution in [1.82, 2.24) is 5.01 Å². The van der Waals surface area contributed by atoms with Gasteiger partial charge in [-0.3, -0.25) is 5.01 Å². The van der Waals surface area contributed by atoms with E-state index in [0.29, 0.717) is 12.1 Å². The summed E-state index contributed by atoms with van der Waals surface area (Å²) in [4.78, 5) is 0. The highest BCUT2D eigenvalue weighted by Gasteiger charge is 2.08. The van der Waals surface area contributed by atoms with Crippen molar-refractivity contribution < 1.29 is 0 Å². The Morgan fingerprint density at radius 3 is 3.00 bits per heavy atom. The Kier molecular flexibility index (Phi) is 1.17. The second-order valence-electron chi connectivity index (χ2n) is 1.62. The van der Waals surface area contributed by atoms with E-state index < -0.39 is 0 Å². The first-order valence-corrected chi connectivity index (χ1v) is 2.36. The summed E-state index contributed by atoms with van der Waals surface area (Å²) in [5, 5.41) is 13.7. The number of rotatable bonds is 0. The fourth-order valence-electron chi connectivity index (χ4n) is 0.559. The van der Waals surface area contributed by atoms with Crippen LogP contribution in [0.4, 0.5) is 0 Å². The van der Waals surface area contributed by atoms with Gasteiger partial charge in [-0.2, -0.15) is 10.4 Å². The van der Waals surface area contributed by atoms with Crippen LogP contribution in [0.15, 0.2) is 5.10 Å². The van der Waals surface area contributed by atoms with Crippen LogP contribution in [0.5, 0.6) is 0 Å². The van der Waals surface area contributed by atoms with Crippen LogP contribution in [0, 0.1) is 17.9 Å². The highest BCUT2D eigenvalue weighted by molar-refractivity contribution is 5.99. The topological polar surface area (TPSA) is 39.4 Å². The van der Waals surface area contributed by atoms with Crippen molar-refractivity contribution in [3.05, 3.63) is 6.54 Å². The first-order chi connectivity index (χ1) is 3.83. The van der Waals surface area contributed by atoms with Gasteiger partial charge in [-0.25, -0.2) is 0 Å². The molecule has 1 aliphatic heterocycles. The molecule has 3 nitrogen and oxygen atoms in total. The first kappa shape index (κ1) is 5.10. The Morgan fingerprint density at radius 2 is 2.75 bits per heavy atom. The van der Waals surface area contributed by atoms with Gasteiger partial charge in [0.15, 0.2) is 0 Å². The lowest BCUT2D eigenvalue weighted by molar-refractivity contribution is 0.456. The van der Waals surface area contributed by atoms with Gasteiger partial charge >= 0.3 is 0 Å². The second kappa shape index (κ2) is 1.83. The maximum atomic E-state index is 8.26. The summed E-state index contributed by atoms with van der Waals surface area (Å²) < 4.78 is 0. The molecule has 0 unspecified atom stereocenters. The average Bonchev–Trinajstić information content (AvgIpc) is 2.14. The van der Waals surface area contributed by atoms with E-state index in [0.717, 1.165) is 0 Å². The normalized spacial score (nSPS) is 18.0. The van der Waals surface area contributed by atoms with Crippen LogP contribution < -0.4 is 0 Å². The third-order valence-electron chi connectivity index (χ3n) is 0.956. The van der Waals surface area contributed by atoms with Gasteiger partial charge < -0.3 is 0 Å². The fraction of sp³-hybridized carbons (Fsp3) is 0.400. The molecule has 0 fully saturated rings. The molecule has 0 atom stereocenters. The zero-order chi connectivity index (χ0) is 5.98. The third-order valence-corrected chi connectivity index (χ3v) is 0.956. The standard InChI is InChI=1S/C5H6N3/c1-8-3-2-5(4-6)7-8/h3H,2H2,1H3. The van der Waals surface area contributed by atoms with Crippen LogP contribution in [0.25, 0.3) is 0 Å². The van der Waals surface area contributed by atoms with Crippen molar-refractivity contribution in [2.24, 2.45) is 5.10 Å².